The number of nitrogens with zero attached hydrogens (tertiary/aromatic N) is 1. The summed E-state index contributed by atoms with van der Waals surface area (Å²) in [5.41, 5.74) is 4.16. The molecule has 31 heavy (non-hydrogen) atoms. The molecule has 0 aliphatic carbocycles. The number of anilines is 2. The third-order valence-electron chi connectivity index (χ3n) is 5.08. The molecule has 1 atom stereocenters. The van der Waals surface area contributed by atoms with Crippen molar-refractivity contribution in [3.63, 3.8) is 0 Å². The van der Waals surface area contributed by atoms with Crippen LogP contribution in [0.4, 0.5) is 10.8 Å². The molecule has 0 bridgehead atoms. The van der Waals surface area contributed by atoms with Crippen LogP contribution in [0.15, 0.2) is 65.4 Å². The van der Waals surface area contributed by atoms with Crippen molar-refractivity contribution in [2.45, 2.75) is 26.8 Å². The van der Waals surface area contributed by atoms with Gasteiger partial charge in [-0.25, -0.2) is 4.98 Å². The zero-order valence-corrected chi connectivity index (χ0v) is 19.0. The van der Waals surface area contributed by atoms with E-state index < -0.39 is 0 Å². The summed E-state index contributed by atoms with van der Waals surface area (Å²) >= 11 is 7.86. The molecule has 5 nitrogen and oxygen atoms in total. The predicted octanol–water partition coefficient (Wildman–Crippen LogP) is 6.77. The average molecular weight is 452 g/mol. The van der Waals surface area contributed by atoms with E-state index in [2.05, 4.69) is 22.5 Å². The first-order chi connectivity index (χ1) is 14.9. The number of hydrogen-bond acceptors (Lipinski definition) is 5. The number of hydrogen-bond donors (Lipinski definition) is 2. The number of furan rings is 1. The first-order valence-corrected chi connectivity index (χ1v) is 11.0. The maximum atomic E-state index is 12.7. The largest absolute Gasteiger partial charge is 0.459 e. The molecule has 1 aromatic carbocycles. The SMILES string of the molecule is Cc1ccnc(N[C@H](c2cccc(Cl)c2)c2c(NC(=O)c3ccco3)sc(C)c2C)c1. The molecule has 0 unspecified atom stereocenters. The molecule has 4 aromatic rings. The summed E-state index contributed by atoms with van der Waals surface area (Å²) in [6, 6.07) is 14.7. The van der Waals surface area contributed by atoms with Gasteiger partial charge < -0.3 is 15.1 Å². The van der Waals surface area contributed by atoms with Crippen LogP contribution in [0.1, 0.15) is 43.7 Å². The van der Waals surface area contributed by atoms with Crippen LogP contribution in [-0.4, -0.2) is 10.9 Å². The number of benzene rings is 1. The number of carbonyl (C=O) groups excluding carboxylic acids is 1. The molecule has 1 amide bonds. The highest BCUT2D eigenvalue weighted by molar-refractivity contribution is 7.16. The van der Waals surface area contributed by atoms with Crippen molar-refractivity contribution in [3.05, 3.63) is 98.9 Å². The summed E-state index contributed by atoms with van der Waals surface area (Å²) in [5, 5.41) is 7.98. The van der Waals surface area contributed by atoms with Crippen LogP contribution >= 0.6 is 22.9 Å². The number of amides is 1. The Morgan fingerprint density at radius 1 is 1.13 bits per heavy atom. The first kappa shape index (κ1) is 21.2. The topological polar surface area (TPSA) is 67.2 Å². The minimum atomic E-state index is -0.286. The van der Waals surface area contributed by atoms with E-state index in [1.165, 1.54) is 6.26 Å². The number of pyridine rings is 1. The second-order valence-corrected chi connectivity index (χ2v) is 8.97. The fraction of sp³-hybridized carbons (Fsp3) is 0.167. The fourth-order valence-corrected chi connectivity index (χ4v) is 4.72. The van der Waals surface area contributed by atoms with Crippen molar-refractivity contribution in [1.29, 1.82) is 0 Å². The zero-order valence-electron chi connectivity index (χ0n) is 17.4. The zero-order chi connectivity index (χ0) is 22.0. The van der Waals surface area contributed by atoms with Gasteiger partial charge in [-0.1, -0.05) is 23.7 Å². The van der Waals surface area contributed by atoms with Crippen molar-refractivity contribution in [1.82, 2.24) is 4.98 Å². The first-order valence-electron chi connectivity index (χ1n) is 9.82. The normalized spacial score (nSPS) is 11.9. The number of aryl methyl sites for hydroxylation is 2. The van der Waals surface area contributed by atoms with E-state index in [1.54, 1.807) is 29.7 Å². The third-order valence-corrected chi connectivity index (χ3v) is 6.46. The number of halogens is 1. The van der Waals surface area contributed by atoms with Gasteiger partial charge in [0, 0.05) is 21.7 Å². The van der Waals surface area contributed by atoms with Crippen LogP contribution in [0.2, 0.25) is 5.02 Å². The van der Waals surface area contributed by atoms with E-state index in [-0.39, 0.29) is 17.7 Å². The second-order valence-electron chi connectivity index (χ2n) is 7.31. The van der Waals surface area contributed by atoms with Crippen LogP contribution in [0, 0.1) is 20.8 Å². The van der Waals surface area contributed by atoms with Crippen molar-refractivity contribution in [2.24, 2.45) is 0 Å². The highest BCUT2D eigenvalue weighted by Gasteiger charge is 2.26. The third kappa shape index (κ3) is 4.65. The number of nitrogens with one attached hydrogen (secondary N) is 2. The summed E-state index contributed by atoms with van der Waals surface area (Å²) < 4.78 is 5.26. The van der Waals surface area contributed by atoms with Gasteiger partial charge in [0.1, 0.15) is 10.8 Å². The minimum absolute atomic E-state index is 0.259. The number of carbonyl (C=O) groups is 1. The molecule has 7 heteroatoms. The van der Waals surface area contributed by atoms with Gasteiger partial charge in [0.05, 0.1) is 12.3 Å². The standard InChI is InChI=1S/C24H22ClN3O2S/c1-14-9-10-26-20(12-14)27-22(17-6-4-7-18(25)13-17)21-15(2)16(3)31-24(21)28-23(29)19-8-5-11-30-19/h4-13,22H,1-3H3,(H,26,27)(H,28,29)/t22-/m1/s1. The fourth-order valence-electron chi connectivity index (χ4n) is 3.43. The Morgan fingerprint density at radius 2 is 1.97 bits per heavy atom. The van der Waals surface area contributed by atoms with Crippen molar-refractivity contribution >= 4 is 39.7 Å². The van der Waals surface area contributed by atoms with Crippen molar-refractivity contribution < 1.29 is 9.21 Å². The Labute approximate surface area is 190 Å². The lowest BCUT2D eigenvalue weighted by molar-refractivity contribution is 0.0997. The van der Waals surface area contributed by atoms with E-state index in [1.807, 2.05) is 50.2 Å². The van der Waals surface area contributed by atoms with Gasteiger partial charge in [-0.05, 0) is 73.9 Å². The maximum absolute atomic E-state index is 12.7. The number of aromatic nitrogens is 1. The summed E-state index contributed by atoms with van der Waals surface area (Å²) in [4.78, 5) is 18.3. The molecule has 4 rings (SSSR count). The molecule has 2 N–H and O–H groups in total. The Hall–Kier alpha value is -3.09. The highest BCUT2D eigenvalue weighted by atomic mass is 35.5. The molecule has 0 spiro atoms. The molecule has 0 aliphatic heterocycles. The van der Waals surface area contributed by atoms with E-state index in [4.69, 9.17) is 16.0 Å². The van der Waals surface area contributed by atoms with Crippen LogP contribution in [-0.2, 0) is 0 Å². The van der Waals surface area contributed by atoms with Crippen LogP contribution in [0.25, 0.3) is 0 Å². The molecule has 0 fully saturated rings. The molecule has 0 saturated carbocycles. The van der Waals surface area contributed by atoms with Gasteiger partial charge in [-0.3, -0.25) is 4.79 Å². The smallest absolute Gasteiger partial charge is 0.291 e. The summed E-state index contributed by atoms with van der Waals surface area (Å²) in [6.07, 6.45) is 3.26. The van der Waals surface area contributed by atoms with Crippen LogP contribution in [0.5, 0.6) is 0 Å². The summed E-state index contributed by atoms with van der Waals surface area (Å²) in [5.74, 6) is 0.727. The number of thiophene rings is 1. The predicted molar refractivity (Wildman–Crippen MR) is 126 cm³/mol. The minimum Gasteiger partial charge on any atom is -0.459 e. The molecule has 158 valence electrons. The Balaban J connectivity index is 1.79. The molecule has 0 saturated heterocycles. The Morgan fingerprint density at radius 3 is 2.68 bits per heavy atom. The Bertz CT molecular complexity index is 1220. The molecular weight excluding hydrogens is 430 g/mol. The molecule has 0 aliphatic rings. The van der Waals surface area contributed by atoms with Crippen molar-refractivity contribution in [2.75, 3.05) is 10.6 Å². The van der Waals surface area contributed by atoms with E-state index in [0.717, 1.165) is 37.9 Å². The Kier molecular flexibility index (Phi) is 6.11. The monoisotopic (exact) mass is 451 g/mol. The molecule has 3 aromatic heterocycles. The summed E-state index contributed by atoms with van der Waals surface area (Å²) in [6.45, 7) is 6.13. The van der Waals surface area contributed by atoms with Gasteiger partial charge in [-0.15, -0.1) is 11.3 Å². The lowest BCUT2D eigenvalue weighted by atomic mass is 9.96. The van der Waals surface area contributed by atoms with E-state index in [9.17, 15) is 4.79 Å². The van der Waals surface area contributed by atoms with Crippen LogP contribution < -0.4 is 10.6 Å². The van der Waals surface area contributed by atoms with Gasteiger partial charge in [0.25, 0.3) is 5.91 Å². The molecule has 3 heterocycles. The van der Waals surface area contributed by atoms with E-state index >= 15 is 0 Å². The lowest BCUT2D eigenvalue weighted by Crippen LogP contribution is -2.17. The quantitative estimate of drug-likeness (QED) is 0.339. The van der Waals surface area contributed by atoms with E-state index in [0.29, 0.717) is 5.02 Å². The highest BCUT2D eigenvalue weighted by Crippen LogP contribution is 2.41. The van der Waals surface area contributed by atoms with Gasteiger partial charge in [0.15, 0.2) is 5.76 Å². The lowest BCUT2D eigenvalue weighted by Gasteiger charge is -2.22. The molecular formula is C24H22ClN3O2S. The van der Waals surface area contributed by atoms with Crippen LogP contribution in [0.3, 0.4) is 0 Å². The van der Waals surface area contributed by atoms with Gasteiger partial charge in [-0.2, -0.15) is 0 Å². The van der Waals surface area contributed by atoms with Crippen molar-refractivity contribution in [3.8, 4) is 0 Å². The number of rotatable bonds is 6. The van der Waals surface area contributed by atoms with Gasteiger partial charge >= 0.3 is 0 Å². The summed E-state index contributed by atoms with van der Waals surface area (Å²) in [7, 11) is 0. The maximum Gasteiger partial charge on any atom is 0.291 e. The average Bonchev–Trinajstić information content (AvgIpc) is 3.36. The van der Waals surface area contributed by atoms with Gasteiger partial charge in [0.2, 0.25) is 0 Å². The second kappa shape index (κ2) is 8.96. The molecule has 0 radical (unpaired) electrons.